The third-order valence-corrected chi connectivity index (χ3v) is 6.45. The molecule has 34 heavy (non-hydrogen) atoms. The molecule has 4 heterocycles. The van der Waals surface area contributed by atoms with Gasteiger partial charge >= 0.3 is 0 Å². The topological polar surface area (TPSA) is 111 Å². The number of ether oxygens (including phenoxy) is 1. The van der Waals surface area contributed by atoms with Gasteiger partial charge in [-0.3, -0.25) is 14.5 Å². The summed E-state index contributed by atoms with van der Waals surface area (Å²) < 4.78 is 5.44. The number of aliphatic hydroxyl groups is 1. The number of anilines is 2. The maximum absolute atomic E-state index is 13.5. The van der Waals surface area contributed by atoms with Gasteiger partial charge in [0, 0.05) is 61.6 Å². The lowest BCUT2D eigenvalue weighted by Gasteiger charge is -2.27. The number of morpholine rings is 1. The van der Waals surface area contributed by atoms with Crippen LogP contribution in [0, 0.1) is 6.92 Å². The highest BCUT2D eigenvalue weighted by Gasteiger charge is 2.26. The number of hydrogen-bond acceptors (Lipinski definition) is 7. The van der Waals surface area contributed by atoms with Crippen LogP contribution in [-0.2, 0) is 11.3 Å². The zero-order valence-electron chi connectivity index (χ0n) is 19.2. The Morgan fingerprint density at radius 3 is 2.82 bits per heavy atom. The third-order valence-electron chi connectivity index (χ3n) is 6.45. The van der Waals surface area contributed by atoms with Gasteiger partial charge in [-0.15, -0.1) is 0 Å². The largest absolute Gasteiger partial charge is 0.391 e. The number of hydrogen-bond donors (Lipinski definition) is 3. The summed E-state index contributed by atoms with van der Waals surface area (Å²) in [6.07, 6.45) is 2.05. The monoisotopic (exact) mass is 463 g/mol. The fourth-order valence-corrected chi connectivity index (χ4v) is 4.66. The van der Waals surface area contributed by atoms with Gasteiger partial charge in [0.15, 0.2) is 0 Å². The number of pyridine rings is 2. The number of rotatable bonds is 5. The van der Waals surface area contributed by atoms with Gasteiger partial charge in [-0.05, 0) is 48.7 Å². The molecule has 1 aromatic carbocycles. The normalized spacial score (nSPS) is 19.0. The van der Waals surface area contributed by atoms with Gasteiger partial charge in [0.2, 0.25) is 5.56 Å². The summed E-state index contributed by atoms with van der Waals surface area (Å²) in [6, 6.07) is 8.89. The average Bonchev–Trinajstić information content (AvgIpc) is 3.26. The summed E-state index contributed by atoms with van der Waals surface area (Å²) >= 11 is 0. The molecule has 0 bridgehead atoms. The molecular formula is C25H29N5O4. The molecule has 3 aromatic rings. The fourth-order valence-electron chi connectivity index (χ4n) is 4.66. The predicted molar refractivity (Wildman–Crippen MR) is 130 cm³/mol. The summed E-state index contributed by atoms with van der Waals surface area (Å²) in [5, 5.41) is 13.9. The van der Waals surface area contributed by atoms with Crippen molar-refractivity contribution in [2.75, 3.05) is 49.6 Å². The van der Waals surface area contributed by atoms with Crippen molar-refractivity contribution in [1.29, 1.82) is 0 Å². The molecule has 1 atom stereocenters. The number of aliphatic hydroxyl groups excluding tert-OH is 1. The first-order chi connectivity index (χ1) is 16.5. The Morgan fingerprint density at radius 2 is 2.06 bits per heavy atom. The number of nitrogens with one attached hydrogen (secondary N) is 2. The maximum Gasteiger partial charge on any atom is 0.259 e. The molecule has 0 aliphatic carbocycles. The SMILES string of the molecule is Cc1cc(=O)[nH]c2ccc(NC(=O)c3cc(CN4CCOCC4)cnc3N3CCC(O)C3)cc12. The molecule has 178 valence electrons. The number of aromatic amines is 1. The first-order valence-corrected chi connectivity index (χ1v) is 11.6. The number of aryl methyl sites for hydroxylation is 1. The van der Waals surface area contributed by atoms with Crippen molar-refractivity contribution in [3.8, 4) is 0 Å². The predicted octanol–water partition coefficient (Wildman–Crippen LogP) is 1.89. The molecule has 3 N–H and O–H groups in total. The summed E-state index contributed by atoms with van der Waals surface area (Å²) in [5.41, 5.74) is 3.50. The van der Waals surface area contributed by atoms with Gasteiger partial charge in [0.1, 0.15) is 5.82 Å². The summed E-state index contributed by atoms with van der Waals surface area (Å²) in [4.78, 5) is 36.9. The zero-order chi connectivity index (χ0) is 23.7. The van der Waals surface area contributed by atoms with Crippen LogP contribution in [0.15, 0.2) is 41.3 Å². The summed E-state index contributed by atoms with van der Waals surface area (Å²) in [7, 11) is 0. The summed E-state index contributed by atoms with van der Waals surface area (Å²) in [6.45, 7) is 6.79. The first-order valence-electron chi connectivity index (χ1n) is 11.6. The Morgan fingerprint density at radius 1 is 1.24 bits per heavy atom. The van der Waals surface area contributed by atoms with E-state index in [9.17, 15) is 14.7 Å². The Bertz CT molecular complexity index is 1270. The number of β-amino-alcohol motifs (C(OH)–C–C–N with tert-alkyl or cyclic N) is 1. The van der Waals surface area contributed by atoms with Crippen LogP contribution in [0.5, 0.6) is 0 Å². The van der Waals surface area contributed by atoms with Crippen LogP contribution >= 0.6 is 0 Å². The van der Waals surface area contributed by atoms with Gasteiger partial charge in [-0.1, -0.05) is 0 Å². The van der Waals surface area contributed by atoms with Gasteiger partial charge in [-0.25, -0.2) is 4.98 Å². The number of nitrogens with zero attached hydrogens (tertiary/aromatic N) is 3. The van der Waals surface area contributed by atoms with E-state index in [1.54, 1.807) is 18.2 Å². The minimum absolute atomic E-state index is 0.151. The molecule has 2 saturated heterocycles. The van der Waals surface area contributed by atoms with Crippen molar-refractivity contribution in [3.05, 3.63) is 63.6 Å². The first kappa shape index (κ1) is 22.5. The van der Waals surface area contributed by atoms with Crippen molar-refractivity contribution in [2.45, 2.75) is 26.0 Å². The van der Waals surface area contributed by atoms with Gasteiger partial charge in [-0.2, -0.15) is 0 Å². The van der Waals surface area contributed by atoms with Crippen LogP contribution in [0.25, 0.3) is 10.9 Å². The highest BCUT2D eigenvalue weighted by atomic mass is 16.5. The number of carbonyl (C=O) groups excluding carboxylic acids is 1. The molecular weight excluding hydrogens is 434 g/mol. The molecule has 1 amide bonds. The number of amides is 1. The number of carbonyl (C=O) groups is 1. The molecule has 1 unspecified atom stereocenters. The molecule has 0 radical (unpaired) electrons. The van der Waals surface area contributed by atoms with Gasteiger partial charge in [0.25, 0.3) is 5.91 Å². The number of benzene rings is 1. The Labute approximate surface area is 197 Å². The quantitative estimate of drug-likeness (QED) is 0.530. The van der Waals surface area contributed by atoms with E-state index in [0.29, 0.717) is 56.3 Å². The molecule has 2 aliphatic rings. The number of aromatic nitrogens is 2. The lowest BCUT2D eigenvalue weighted by atomic mass is 10.1. The second kappa shape index (κ2) is 9.54. The molecule has 9 nitrogen and oxygen atoms in total. The molecule has 0 spiro atoms. The second-order valence-corrected chi connectivity index (χ2v) is 9.02. The Balaban J connectivity index is 1.44. The highest BCUT2D eigenvalue weighted by Crippen LogP contribution is 2.26. The summed E-state index contributed by atoms with van der Waals surface area (Å²) in [5.74, 6) is 0.329. The van der Waals surface area contributed by atoms with Gasteiger partial charge in [0.05, 0.1) is 24.9 Å². The number of fused-ring (bicyclic) bond motifs is 1. The smallest absolute Gasteiger partial charge is 0.259 e. The van der Waals surface area contributed by atoms with Crippen molar-refractivity contribution in [2.24, 2.45) is 0 Å². The van der Waals surface area contributed by atoms with E-state index in [4.69, 9.17) is 4.74 Å². The van der Waals surface area contributed by atoms with Crippen LogP contribution < -0.4 is 15.8 Å². The van der Waals surface area contributed by atoms with Crippen molar-refractivity contribution >= 4 is 28.3 Å². The molecule has 9 heteroatoms. The van der Waals surface area contributed by atoms with E-state index >= 15 is 0 Å². The van der Waals surface area contributed by atoms with E-state index < -0.39 is 6.10 Å². The second-order valence-electron chi connectivity index (χ2n) is 9.02. The zero-order valence-corrected chi connectivity index (χ0v) is 19.2. The average molecular weight is 464 g/mol. The van der Waals surface area contributed by atoms with Crippen molar-refractivity contribution in [3.63, 3.8) is 0 Å². The molecule has 0 saturated carbocycles. The minimum Gasteiger partial charge on any atom is -0.391 e. The lowest BCUT2D eigenvalue weighted by Crippen LogP contribution is -2.35. The van der Waals surface area contributed by atoms with Crippen LogP contribution in [0.3, 0.4) is 0 Å². The lowest BCUT2D eigenvalue weighted by molar-refractivity contribution is 0.0341. The van der Waals surface area contributed by atoms with E-state index in [0.717, 1.165) is 35.1 Å². The Hall–Kier alpha value is -3.27. The highest BCUT2D eigenvalue weighted by molar-refractivity contribution is 6.08. The van der Waals surface area contributed by atoms with E-state index in [1.165, 1.54) is 0 Å². The molecule has 2 aliphatic heterocycles. The minimum atomic E-state index is -0.420. The fraction of sp³-hybridized carbons (Fsp3) is 0.400. The molecule has 2 aromatic heterocycles. The maximum atomic E-state index is 13.5. The van der Waals surface area contributed by atoms with Crippen LogP contribution in [0.1, 0.15) is 27.9 Å². The molecule has 5 rings (SSSR count). The van der Waals surface area contributed by atoms with Crippen molar-refractivity contribution in [1.82, 2.24) is 14.9 Å². The van der Waals surface area contributed by atoms with Gasteiger partial charge < -0.3 is 25.0 Å². The van der Waals surface area contributed by atoms with E-state index in [2.05, 4.69) is 20.2 Å². The van der Waals surface area contributed by atoms with Crippen molar-refractivity contribution < 1.29 is 14.6 Å². The van der Waals surface area contributed by atoms with Crippen LogP contribution in [-0.4, -0.2) is 71.4 Å². The van der Waals surface area contributed by atoms with Crippen LogP contribution in [0.2, 0.25) is 0 Å². The van der Waals surface area contributed by atoms with E-state index in [-0.39, 0.29) is 11.5 Å². The number of H-pyrrole nitrogens is 1. The van der Waals surface area contributed by atoms with E-state index in [1.807, 2.05) is 30.2 Å². The standard InChI is InChI=1S/C25H29N5O4/c1-16-10-23(32)28-22-3-2-18(12-20(16)22)27-25(33)21-11-17(14-29-6-8-34-9-7-29)13-26-24(21)30-5-4-19(31)15-30/h2-3,10-13,19,31H,4-9,14-15H2,1H3,(H,27,33)(H,28,32). The molecule has 2 fully saturated rings. The van der Waals surface area contributed by atoms with Crippen LogP contribution in [0.4, 0.5) is 11.5 Å². The third kappa shape index (κ3) is 4.82. The Kier molecular flexibility index (Phi) is 6.32.